The molecular weight excluding hydrogens is 234 g/mol. The summed E-state index contributed by atoms with van der Waals surface area (Å²) in [5, 5.41) is -0.267. The number of halogens is 2. The SMILES string of the molecule is CCCOC(=O)C(C)SCCCC(C)(F)F. The zero-order valence-corrected chi connectivity index (χ0v) is 10.9. The Balaban J connectivity index is 3.57. The monoisotopic (exact) mass is 254 g/mol. The first kappa shape index (κ1) is 15.7. The van der Waals surface area contributed by atoms with Crippen LogP contribution < -0.4 is 0 Å². The second-order valence-electron chi connectivity index (χ2n) is 3.85. The van der Waals surface area contributed by atoms with Crippen molar-refractivity contribution in [1.82, 2.24) is 0 Å². The average Bonchev–Trinajstić information content (AvgIpc) is 2.19. The second kappa shape index (κ2) is 7.87. The molecule has 0 aliphatic carbocycles. The van der Waals surface area contributed by atoms with Crippen LogP contribution in [0, 0.1) is 0 Å². The van der Waals surface area contributed by atoms with Crippen LogP contribution in [0.25, 0.3) is 0 Å². The number of esters is 1. The Morgan fingerprint density at radius 1 is 1.50 bits per heavy atom. The van der Waals surface area contributed by atoms with E-state index in [0.717, 1.165) is 13.3 Å². The smallest absolute Gasteiger partial charge is 0.318 e. The van der Waals surface area contributed by atoms with Gasteiger partial charge in [-0.2, -0.15) is 0 Å². The van der Waals surface area contributed by atoms with E-state index < -0.39 is 5.92 Å². The molecule has 5 heteroatoms. The number of rotatable bonds is 8. The number of hydrogen-bond donors (Lipinski definition) is 0. The van der Waals surface area contributed by atoms with Crippen LogP contribution >= 0.6 is 11.8 Å². The molecule has 1 unspecified atom stereocenters. The van der Waals surface area contributed by atoms with E-state index in [1.54, 1.807) is 6.92 Å². The van der Waals surface area contributed by atoms with Gasteiger partial charge in [-0.25, -0.2) is 8.78 Å². The summed E-state index contributed by atoms with van der Waals surface area (Å²) >= 11 is 1.37. The van der Waals surface area contributed by atoms with Crippen LogP contribution in [0.15, 0.2) is 0 Å². The minimum Gasteiger partial charge on any atom is -0.465 e. The van der Waals surface area contributed by atoms with Crippen molar-refractivity contribution in [3.05, 3.63) is 0 Å². The van der Waals surface area contributed by atoms with Gasteiger partial charge in [-0.05, 0) is 32.4 Å². The van der Waals surface area contributed by atoms with Gasteiger partial charge in [-0.15, -0.1) is 11.8 Å². The van der Waals surface area contributed by atoms with E-state index in [9.17, 15) is 13.6 Å². The summed E-state index contributed by atoms with van der Waals surface area (Å²) in [6, 6.07) is 0. The molecular formula is C11H20F2O2S. The molecule has 0 bridgehead atoms. The fraction of sp³-hybridized carbons (Fsp3) is 0.909. The van der Waals surface area contributed by atoms with Crippen molar-refractivity contribution in [2.45, 2.75) is 51.2 Å². The Morgan fingerprint density at radius 2 is 2.12 bits per heavy atom. The van der Waals surface area contributed by atoms with Gasteiger partial charge in [0.25, 0.3) is 0 Å². The fourth-order valence-electron chi connectivity index (χ4n) is 1.03. The van der Waals surface area contributed by atoms with Gasteiger partial charge in [0.2, 0.25) is 5.92 Å². The number of hydrogen-bond acceptors (Lipinski definition) is 3. The summed E-state index contributed by atoms with van der Waals surface area (Å²) in [5.41, 5.74) is 0. The third-order valence-electron chi connectivity index (χ3n) is 1.91. The molecule has 0 fully saturated rings. The van der Waals surface area contributed by atoms with E-state index in [4.69, 9.17) is 4.74 Å². The van der Waals surface area contributed by atoms with Gasteiger partial charge in [0.05, 0.1) is 11.9 Å². The summed E-state index contributed by atoms with van der Waals surface area (Å²) in [7, 11) is 0. The lowest BCUT2D eigenvalue weighted by Crippen LogP contribution is -2.18. The first-order valence-corrected chi connectivity index (χ1v) is 6.57. The normalized spacial score (nSPS) is 13.6. The molecule has 0 aromatic heterocycles. The van der Waals surface area contributed by atoms with E-state index in [0.29, 0.717) is 18.8 Å². The highest BCUT2D eigenvalue weighted by Gasteiger charge is 2.21. The van der Waals surface area contributed by atoms with Gasteiger partial charge >= 0.3 is 5.97 Å². The first-order valence-electron chi connectivity index (χ1n) is 5.53. The van der Waals surface area contributed by atoms with E-state index in [2.05, 4.69) is 0 Å². The summed E-state index contributed by atoms with van der Waals surface area (Å²) in [4.78, 5) is 11.3. The van der Waals surface area contributed by atoms with Crippen molar-refractivity contribution < 1.29 is 18.3 Å². The average molecular weight is 254 g/mol. The van der Waals surface area contributed by atoms with Crippen LogP contribution in [0.2, 0.25) is 0 Å². The summed E-state index contributed by atoms with van der Waals surface area (Å²) in [6.45, 7) is 5.01. The van der Waals surface area contributed by atoms with Gasteiger partial charge in [0.1, 0.15) is 0 Å². The number of alkyl halides is 2. The number of carbonyl (C=O) groups is 1. The molecule has 96 valence electrons. The highest BCUT2D eigenvalue weighted by molar-refractivity contribution is 8.00. The molecule has 0 aromatic carbocycles. The van der Waals surface area contributed by atoms with E-state index in [1.165, 1.54) is 11.8 Å². The Hall–Kier alpha value is -0.320. The van der Waals surface area contributed by atoms with E-state index in [-0.39, 0.29) is 17.6 Å². The molecule has 0 aliphatic heterocycles. The Labute approximate surface area is 100 Å². The molecule has 0 aromatic rings. The Kier molecular flexibility index (Phi) is 7.72. The van der Waals surface area contributed by atoms with Crippen molar-refractivity contribution in [3.63, 3.8) is 0 Å². The molecule has 0 N–H and O–H groups in total. The molecule has 0 spiro atoms. The molecule has 0 amide bonds. The number of thioether (sulfide) groups is 1. The minimum atomic E-state index is -2.60. The van der Waals surface area contributed by atoms with Gasteiger partial charge in [-0.3, -0.25) is 4.79 Å². The number of carbonyl (C=O) groups excluding carboxylic acids is 1. The quantitative estimate of drug-likeness (QED) is 0.490. The van der Waals surface area contributed by atoms with Crippen molar-refractivity contribution in [2.75, 3.05) is 12.4 Å². The third-order valence-corrected chi connectivity index (χ3v) is 3.13. The van der Waals surface area contributed by atoms with Gasteiger partial charge in [-0.1, -0.05) is 6.92 Å². The van der Waals surface area contributed by atoms with Gasteiger partial charge in [0, 0.05) is 6.42 Å². The third kappa shape index (κ3) is 8.95. The highest BCUT2D eigenvalue weighted by atomic mass is 32.2. The zero-order valence-electron chi connectivity index (χ0n) is 10.1. The molecule has 0 rings (SSSR count). The first-order chi connectivity index (χ1) is 7.37. The minimum absolute atomic E-state index is 0.128. The molecule has 0 heterocycles. The molecule has 2 nitrogen and oxygen atoms in total. The molecule has 1 atom stereocenters. The van der Waals surface area contributed by atoms with Crippen LogP contribution in [0.4, 0.5) is 8.78 Å². The standard InChI is InChI=1S/C11H20F2O2S/c1-4-7-15-10(14)9(2)16-8-5-6-11(3,12)13/h9H,4-8H2,1-3H3. The molecule has 0 radical (unpaired) electrons. The molecule has 16 heavy (non-hydrogen) atoms. The highest BCUT2D eigenvalue weighted by Crippen LogP contribution is 2.22. The molecule has 0 saturated carbocycles. The Morgan fingerprint density at radius 3 is 2.62 bits per heavy atom. The lowest BCUT2D eigenvalue weighted by atomic mass is 10.2. The van der Waals surface area contributed by atoms with Gasteiger partial charge < -0.3 is 4.74 Å². The maximum atomic E-state index is 12.5. The van der Waals surface area contributed by atoms with Crippen LogP contribution in [0.1, 0.15) is 40.0 Å². The molecule has 0 aliphatic rings. The number of ether oxygens (including phenoxy) is 1. The lowest BCUT2D eigenvalue weighted by Gasteiger charge is -2.12. The largest absolute Gasteiger partial charge is 0.465 e. The maximum absolute atomic E-state index is 12.5. The summed E-state index contributed by atoms with van der Waals surface area (Å²) < 4.78 is 29.9. The lowest BCUT2D eigenvalue weighted by molar-refractivity contribution is -0.142. The maximum Gasteiger partial charge on any atom is 0.318 e. The van der Waals surface area contributed by atoms with Crippen LogP contribution in [0.3, 0.4) is 0 Å². The zero-order chi connectivity index (χ0) is 12.6. The van der Waals surface area contributed by atoms with Crippen LogP contribution in [-0.2, 0) is 9.53 Å². The fourth-order valence-corrected chi connectivity index (χ4v) is 1.90. The Bertz CT molecular complexity index is 205. The van der Waals surface area contributed by atoms with Crippen molar-refractivity contribution in [3.8, 4) is 0 Å². The summed E-state index contributed by atoms with van der Waals surface area (Å²) in [6.07, 6.45) is 1.08. The topological polar surface area (TPSA) is 26.3 Å². The summed E-state index contributed by atoms with van der Waals surface area (Å²) in [5.74, 6) is -2.30. The van der Waals surface area contributed by atoms with Crippen LogP contribution in [0.5, 0.6) is 0 Å². The van der Waals surface area contributed by atoms with E-state index >= 15 is 0 Å². The van der Waals surface area contributed by atoms with Crippen molar-refractivity contribution in [2.24, 2.45) is 0 Å². The van der Waals surface area contributed by atoms with E-state index in [1.807, 2.05) is 6.92 Å². The predicted molar refractivity (Wildman–Crippen MR) is 63.0 cm³/mol. The molecule has 0 saturated heterocycles. The van der Waals surface area contributed by atoms with Gasteiger partial charge in [0.15, 0.2) is 0 Å². The van der Waals surface area contributed by atoms with Crippen molar-refractivity contribution >= 4 is 17.7 Å². The van der Waals surface area contributed by atoms with Crippen molar-refractivity contribution in [1.29, 1.82) is 0 Å². The predicted octanol–water partition coefficient (Wildman–Crippen LogP) is 3.50. The second-order valence-corrected chi connectivity index (χ2v) is 5.30. The van der Waals surface area contributed by atoms with Crippen LogP contribution in [-0.4, -0.2) is 29.5 Å².